The minimum atomic E-state index is -0.0429. The Morgan fingerprint density at radius 2 is 2.15 bits per heavy atom. The predicted molar refractivity (Wildman–Crippen MR) is 107 cm³/mol. The van der Waals surface area contributed by atoms with Gasteiger partial charge in [0.05, 0.1) is 10.9 Å². The first-order valence-corrected chi connectivity index (χ1v) is 10.2. The van der Waals surface area contributed by atoms with Crippen LogP contribution in [0, 0.1) is 0 Å². The summed E-state index contributed by atoms with van der Waals surface area (Å²) in [5.41, 5.74) is 2.20. The number of hydrogen-bond acceptors (Lipinski definition) is 4. The molecule has 0 radical (unpaired) electrons. The second-order valence-corrected chi connectivity index (χ2v) is 7.62. The van der Waals surface area contributed by atoms with E-state index in [1.54, 1.807) is 4.57 Å². The number of benzene rings is 1. The number of para-hydroxylation sites is 1. The van der Waals surface area contributed by atoms with Gasteiger partial charge in [0.2, 0.25) is 5.91 Å². The number of allylic oxidation sites excluding steroid dienone is 2. The average Bonchev–Trinajstić information content (AvgIpc) is 2.65. The lowest BCUT2D eigenvalue weighted by Gasteiger charge is -2.16. The molecule has 1 aromatic carbocycles. The molecule has 2 aromatic rings. The zero-order valence-electron chi connectivity index (χ0n) is 15.2. The number of fused-ring (bicyclic) bond motifs is 1. The minimum absolute atomic E-state index is 0.0223. The van der Waals surface area contributed by atoms with E-state index in [1.165, 1.54) is 37.1 Å². The second-order valence-electron chi connectivity index (χ2n) is 6.56. The van der Waals surface area contributed by atoms with Crippen molar-refractivity contribution in [3.05, 3.63) is 46.3 Å². The van der Waals surface area contributed by atoms with Gasteiger partial charge in [0.15, 0.2) is 5.16 Å². The van der Waals surface area contributed by atoms with Gasteiger partial charge in [-0.25, -0.2) is 4.98 Å². The topological polar surface area (TPSA) is 64.0 Å². The van der Waals surface area contributed by atoms with Crippen molar-refractivity contribution in [2.24, 2.45) is 0 Å². The lowest BCUT2D eigenvalue weighted by atomic mass is 9.97. The Labute approximate surface area is 157 Å². The van der Waals surface area contributed by atoms with Crippen LogP contribution in [0.3, 0.4) is 0 Å². The zero-order valence-corrected chi connectivity index (χ0v) is 16.0. The molecule has 138 valence electrons. The second kappa shape index (κ2) is 9.03. The summed E-state index contributed by atoms with van der Waals surface area (Å²) >= 11 is 1.52. The lowest BCUT2D eigenvalue weighted by Crippen LogP contribution is -2.25. The number of hydrogen-bond donors (Lipinski definition) is 1. The molecule has 0 unspecified atom stereocenters. The highest BCUT2D eigenvalue weighted by molar-refractivity contribution is 7.99. The molecule has 0 saturated heterocycles. The number of carbonyl (C=O) groups excluding carboxylic acids is 1. The number of thioether (sulfide) groups is 1. The van der Waals surface area contributed by atoms with E-state index in [-0.39, 0.29) is 11.5 Å². The van der Waals surface area contributed by atoms with E-state index < -0.39 is 0 Å². The Morgan fingerprint density at radius 3 is 2.92 bits per heavy atom. The van der Waals surface area contributed by atoms with Crippen LogP contribution in [0.2, 0.25) is 0 Å². The van der Waals surface area contributed by atoms with Crippen LogP contribution in [0.25, 0.3) is 10.9 Å². The van der Waals surface area contributed by atoms with Crippen molar-refractivity contribution in [3.8, 4) is 0 Å². The van der Waals surface area contributed by atoms with Crippen LogP contribution < -0.4 is 10.9 Å². The van der Waals surface area contributed by atoms with Crippen LogP contribution in [-0.4, -0.2) is 27.8 Å². The molecule has 0 aliphatic heterocycles. The summed E-state index contributed by atoms with van der Waals surface area (Å²) in [6.07, 6.45) is 8.03. The van der Waals surface area contributed by atoms with Gasteiger partial charge in [-0.3, -0.25) is 14.2 Å². The van der Waals surface area contributed by atoms with Crippen molar-refractivity contribution in [3.63, 3.8) is 0 Å². The molecule has 1 heterocycles. The molecular formula is C20H25N3O2S. The van der Waals surface area contributed by atoms with Crippen LogP contribution >= 0.6 is 11.8 Å². The number of aromatic nitrogens is 2. The monoisotopic (exact) mass is 371 g/mol. The third-order valence-corrected chi connectivity index (χ3v) is 5.55. The van der Waals surface area contributed by atoms with Gasteiger partial charge in [0.1, 0.15) is 0 Å². The number of nitrogens with zero attached hydrogens (tertiary/aromatic N) is 2. The van der Waals surface area contributed by atoms with Crippen LogP contribution in [0.15, 0.2) is 45.9 Å². The molecule has 1 aromatic heterocycles. The molecule has 26 heavy (non-hydrogen) atoms. The van der Waals surface area contributed by atoms with Crippen LogP contribution in [0.5, 0.6) is 0 Å². The van der Waals surface area contributed by atoms with Crippen LogP contribution in [-0.2, 0) is 11.3 Å². The maximum Gasteiger partial charge on any atom is 0.262 e. The third-order valence-electron chi connectivity index (χ3n) is 4.58. The molecule has 1 aliphatic rings. The number of rotatable bonds is 7. The van der Waals surface area contributed by atoms with Crippen LogP contribution in [0.1, 0.15) is 39.0 Å². The van der Waals surface area contributed by atoms with E-state index in [2.05, 4.69) is 11.4 Å². The highest BCUT2D eigenvalue weighted by atomic mass is 32.2. The van der Waals surface area contributed by atoms with Crippen LogP contribution in [0.4, 0.5) is 0 Å². The van der Waals surface area contributed by atoms with E-state index in [9.17, 15) is 9.59 Å². The molecule has 1 amide bonds. The number of nitrogens with one attached hydrogen (secondary N) is 1. The van der Waals surface area contributed by atoms with Crippen molar-refractivity contribution in [2.75, 3.05) is 12.3 Å². The average molecular weight is 372 g/mol. The third kappa shape index (κ3) is 4.75. The van der Waals surface area contributed by atoms with Crippen molar-refractivity contribution in [1.82, 2.24) is 14.9 Å². The Bertz CT molecular complexity index is 873. The highest BCUT2D eigenvalue weighted by Gasteiger charge is 2.12. The number of carbonyl (C=O) groups is 1. The summed E-state index contributed by atoms with van der Waals surface area (Å²) < 4.78 is 1.80. The molecule has 0 atom stereocenters. The fourth-order valence-corrected chi connectivity index (χ4v) is 4.09. The van der Waals surface area contributed by atoms with E-state index in [0.29, 0.717) is 24.2 Å². The zero-order chi connectivity index (χ0) is 18.4. The van der Waals surface area contributed by atoms with Gasteiger partial charge >= 0.3 is 0 Å². The first kappa shape index (κ1) is 18.7. The first-order chi connectivity index (χ1) is 12.6. The predicted octanol–water partition coefficient (Wildman–Crippen LogP) is 3.52. The molecule has 5 nitrogen and oxygen atoms in total. The van der Waals surface area contributed by atoms with Gasteiger partial charge in [-0.05, 0) is 44.2 Å². The first-order valence-electron chi connectivity index (χ1n) is 9.20. The molecule has 6 heteroatoms. The molecule has 1 aliphatic carbocycles. The summed E-state index contributed by atoms with van der Waals surface area (Å²) in [6, 6.07) is 7.50. The van der Waals surface area contributed by atoms with Crippen molar-refractivity contribution < 1.29 is 4.79 Å². The summed E-state index contributed by atoms with van der Waals surface area (Å²) in [5.74, 6) is 0.645. The van der Waals surface area contributed by atoms with Crippen molar-refractivity contribution in [2.45, 2.75) is 50.7 Å². The normalized spacial score (nSPS) is 14.3. The minimum Gasteiger partial charge on any atom is -0.356 e. The van der Waals surface area contributed by atoms with Gasteiger partial charge in [-0.15, -0.1) is 0 Å². The largest absolute Gasteiger partial charge is 0.356 e. The molecular weight excluding hydrogens is 346 g/mol. The highest BCUT2D eigenvalue weighted by Crippen LogP contribution is 2.22. The van der Waals surface area contributed by atoms with E-state index in [4.69, 9.17) is 4.98 Å². The lowest BCUT2D eigenvalue weighted by molar-refractivity contribution is -0.118. The molecule has 0 spiro atoms. The standard InChI is InChI=1S/C20H25N3O2S/c1-15(24)21-12-14-26-20-22-18-10-6-5-9-17(18)19(25)23(20)13-11-16-7-3-2-4-8-16/h5-7,9-10H,2-4,8,11-14H2,1H3,(H,21,24). The van der Waals surface area contributed by atoms with Gasteiger partial charge < -0.3 is 5.32 Å². The molecule has 0 saturated carbocycles. The quantitative estimate of drug-likeness (QED) is 0.350. The summed E-state index contributed by atoms with van der Waals surface area (Å²) in [4.78, 5) is 28.7. The molecule has 0 fully saturated rings. The van der Waals surface area contributed by atoms with E-state index in [1.807, 2.05) is 24.3 Å². The smallest absolute Gasteiger partial charge is 0.262 e. The van der Waals surface area contributed by atoms with E-state index >= 15 is 0 Å². The summed E-state index contributed by atoms with van der Waals surface area (Å²) in [7, 11) is 0. The maximum absolute atomic E-state index is 13.0. The summed E-state index contributed by atoms with van der Waals surface area (Å²) in [6.45, 7) is 2.73. The SMILES string of the molecule is CC(=O)NCCSc1nc2ccccc2c(=O)n1CCC1=CCCCC1. The van der Waals surface area contributed by atoms with Crippen molar-refractivity contribution >= 4 is 28.6 Å². The van der Waals surface area contributed by atoms with E-state index in [0.717, 1.165) is 29.9 Å². The van der Waals surface area contributed by atoms with Gasteiger partial charge in [-0.1, -0.05) is 35.5 Å². The van der Waals surface area contributed by atoms with Crippen molar-refractivity contribution in [1.29, 1.82) is 0 Å². The fraction of sp³-hybridized carbons (Fsp3) is 0.450. The summed E-state index contributed by atoms with van der Waals surface area (Å²) in [5, 5.41) is 4.18. The Morgan fingerprint density at radius 1 is 1.31 bits per heavy atom. The fourth-order valence-electron chi connectivity index (χ4n) is 3.21. The Balaban J connectivity index is 1.83. The van der Waals surface area contributed by atoms with Gasteiger partial charge in [0.25, 0.3) is 5.56 Å². The van der Waals surface area contributed by atoms with Gasteiger partial charge in [-0.2, -0.15) is 0 Å². The van der Waals surface area contributed by atoms with Gasteiger partial charge in [0, 0.05) is 25.8 Å². The number of amides is 1. The molecule has 1 N–H and O–H groups in total. The Kier molecular flexibility index (Phi) is 6.50. The Hall–Kier alpha value is -2.08. The molecule has 3 rings (SSSR count). The maximum atomic E-state index is 13.0. The molecule has 0 bridgehead atoms.